The monoisotopic (exact) mass is 397 g/mol. The topological polar surface area (TPSA) is 63.2 Å². The Morgan fingerprint density at radius 2 is 1.76 bits per heavy atom. The zero-order valence-electron chi connectivity index (χ0n) is 14.1. The summed E-state index contributed by atoms with van der Waals surface area (Å²) < 4.78 is 58.8. The number of carbonyl (C=O) groups excluding carboxylic acids is 1. The smallest absolute Gasteiger partial charge is 0.273 e. The largest absolute Gasteiger partial charge is 0.516 e. The standard InChI is InChI=1S/C16H22F3NO3S2/c1-12(2)14-8-6-13(7-9-14)5-3-4-10-24-11-15(21)20-25(22,23)16(17,18)19/h6-9,12H,3-5,10-11H2,1-2H3,(H,20,21). The second-order valence-corrected chi connectivity index (χ2v) is 8.66. The molecule has 0 aliphatic carbocycles. The Bertz CT molecular complexity index is 656. The molecule has 1 N–H and O–H groups in total. The van der Waals surface area contributed by atoms with E-state index in [1.54, 1.807) is 0 Å². The number of halogens is 3. The van der Waals surface area contributed by atoms with Crippen LogP contribution >= 0.6 is 11.8 Å². The molecule has 25 heavy (non-hydrogen) atoms. The van der Waals surface area contributed by atoms with Gasteiger partial charge in [-0.3, -0.25) is 4.79 Å². The molecule has 0 aliphatic heterocycles. The fourth-order valence-electron chi connectivity index (χ4n) is 2.00. The average molecular weight is 397 g/mol. The first-order chi connectivity index (χ1) is 11.5. The Kier molecular flexibility index (Phi) is 8.27. The molecule has 0 saturated heterocycles. The van der Waals surface area contributed by atoms with Crippen molar-refractivity contribution in [1.82, 2.24) is 4.72 Å². The molecule has 0 radical (unpaired) electrons. The van der Waals surface area contributed by atoms with E-state index in [0.717, 1.165) is 35.7 Å². The summed E-state index contributed by atoms with van der Waals surface area (Å²) in [5, 5.41) is 0. The number of sulfonamides is 1. The molecule has 1 aromatic rings. The maximum absolute atomic E-state index is 12.1. The number of thioether (sulfide) groups is 1. The van der Waals surface area contributed by atoms with E-state index in [-0.39, 0.29) is 5.75 Å². The highest BCUT2D eigenvalue weighted by atomic mass is 32.2. The van der Waals surface area contributed by atoms with Gasteiger partial charge in [0.05, 0.1) is 5.75 Å². The van der Waals surface area contributed by atoms with Crippen molar-refractivity contribution in [2.45, 2.75) is 44.5 Å². The van der Waals surface area contributed by atoms with E-state index >= 15 is 0 Å². The number of alkyl halides is 3. The summed E-state index contributed by atoms with van der Waals surface area (Å²) in [5.41, 5.74) is -2.99. The van der Waals surface area contributed by atoms with Crippen LogP contribution in [0.25, 0.3) is 0 Å². The third-order valence-corrected chi connectivity index (χ3v) is 5.59. The molecule has 142 valence electrons. The summed E-state index contributed by atoms with van der Waals surface area (Å²) in [6.45, 7) is 4.25. The van der Waals surface area contributed by atoms with Gasteiger partial charge in [0.15, 0.2) is 0 Å². The molecule has 0 heterocycles. The minimum Gasteiger partial charge on any atom is -0.273 e. The van der Waals surface area contributed by atoms with Crippen LogP contribution < -0.4 is 4.72 Å². The highest BCUT2D eigenvalue weighted by molar-refractivity contribution is 8.00. The van der Waals surface area contributed by atoms with Crippen LogP contribution in [-0.2, 0) is 21.2 Å². The summed E-state index contributed by atoms with van der Waals surface area (Å²) in [5.74, 6) is -0.425. The molecule has 0 fully saturated rings. The zero-order valence-corrected chi connectivity index (χ0v) is 15.7. The van der Waals surface area contributed by atoms with Gasteiger partial charge >= 0.3 is 15.5 Å². The van der Waals surface area contributed by atoms with Crippen molar-refractivity contribution in [2.24, 2.45) is 0 Å². The number of rotatable bonds is 9. The summed E-state index contributed by atoms with van der Waals surface area (Å²) in [6.07, 6.45) is 2.56. The predicted octanol–water partition coefficient (Wildman–Crippen LogP) is 3.83. The van der Waals surface area contributed by atoms with Gasteiger partial charge in [-0.15, -0.1) is 0 Å². The molecule has 0 aliphatic rings. The van der Waals surface area contributed by atoms with Gasteiger partial charge in [-0.25, -0.2) is 4.72 Å². The summed E-state index contributed by atoms with van der Waals surface area (Å²) in [4.78, 5) is 11.2. The molecule has 0 spiro atoms. The molecule has 1 rings (SSSR count). The highest BCUT2D eigenvalue weighted by Gasteiger charge is 2.46. The van der Waals surface area contributed by atoms with Gasteiger partial charge < -0.3 is 0 Å². The van der Waals surface area contributed by atoms with Gasteiger partial charge in [0.1, 0.15) is 0 Å². The number of aryl methyl sites for hydroxylation is 1. The third kappa shape index (κ3) is 7.68. The van der Waals surface area contributed by atoms with Crippen molar-refractivity contribution in [2.75, 3.05) is 11.5 Å². The van der Waals surface area contributed by atoms with Crippen LogP contribution in [0, 0.1) is 0 Å². The lowest BCUT2D eigenvalue weighted by Crippen LogP contribution is -2.41. The van der Waals surface area contributed by atoms with Crippen LogP contribution in [0.2, 0.25) is 0 Å². The molecule has 1 aromatic carbocycles. The van der Waals surface area contributed by atoms with Crippen LogP contribution in [0.1, 0.15) is 43.7 Å². The van der Waals surface area contributed by atoms with Gasteiger partial charge in [0, 0.05) is 0 Å². The van der Waals surface area contributed by atoms with E-state index < -0.39 is 21.4 Å². The van der Waals surface area contributed by atoms with E-state index in [1.807, 2.05) is 0 Å². The lowest BCUT2D eigenvalue weighted by Gasteiger charge is -2.09. The normalized spacial score (nSPS) is 12.4. The quantitative estimate of drug-likeness (QED) is 0.643. The van der Waals surface area contributed by atoms with Gasteiger partial charge in [0.2, 0.25) is 5.91 Å². The predicted molar refractivity (Wildman–Crippen MR) is 93.9 cm³/mol. The number of unbranched alkanes of at least 4 members (excludes halogenated alkanes) is 1. The van der Waals surface area contributed by atoms with E-state index in [4.69, 9.17) is 0 Å². The first-order valence-electron chi connectivity index (χ1n) is 7.81. The molecule has 0 saturated carbocycles. The van der Waals surface area contributed by atoms with Crippen LogP contribution in [-0.4, -0.2) is 31.3 Å². The Hall–Kier alpha value is -1.22. The fraction of sp³-hybridized carbons (Fsp3) is 0.562. The molecule has 0 bridgehead atoms. The Balaban J connectivity index is 2.21. The van der Waals surface area contributed by atoms with Crippen molar-refractivity contribution in [3.63, 3.8) is 0 Å². The van der Waals surface area contributed by atoms with E-state index in [0.29, 0.717) is 11.7 Å². The van der Waals surface area contributed by atoms with Crippen LogP contribution in [0.3, 0.4) is 0 Å². The summed E-state index contributed by atoms with van der Waals surface area (Å²) in [6, 6.07) is 8.36. The van der Waals surface area contributed by atoms with E-state index in [2.05, 4.69) is 38.1 Å². The Morgan fingerprint density at radius 1 is 1.16 bits per heavy atom. The first-order valence-corrected chi connectivity index (χ1v) is 10.4. The molecular formula is C16H22F3NO3S2. The lowest BCUT2D eigenvalue weighted by atomic mass is 10.00. The second-order valence-electron chi connectivity index (χ2n) is 5.88. The Labute approximate surface area is 150 Å². The minimum atomic E-state index is -5.60. The number of hydrogen-bond donors (Lipinski definition) is 1. The van der Waals surface area contributed by atoms with E-state index in [9.17, 15) is 26.4 Å². The molecule has 0 atom stereocenters. The second kappa shape index (κ2) is 9.47. The zero-order chi connectivity index (χ0) is 19.1. The van der Waals surface area contributed by atoms with Crippen molar-refractivity contribution < 1.29 is 26.4 Å². The fourth-order valence-corrected chi connectivity index (χ4v) is 3.39. The average Bonchev–Trinajstić information content (AvgIpc) is 2.49. The third-order valence-electron chi connectivity index (χ3n) is 3.44. The summed E-state index contributed by atoms with van der Waals surface area (Å²) >= 11 is 1.11. The van der Waals surface area contributed by atoms with Crippen molar-refractivity contribution >= 4 is 27.7 Å². The van der Waals surface area contributed by atoms with Gasteiger partial charge in [-0.05, 0) is 42.1 Å². The summed E-state index contributed by atoms with van der Waals surface area (Å²) in [7, 11) is -5.60. The van der Waals surface area contributed by atoms with E-state index in [1.165, 1.54) is 11.1 Å². The highest BCUT2D eigenvalue weighted by Crippen LogP contribution is 2.21. The van der Waals surface area contributed by atoms with Crippen LogP contribution in [0.15, 0.2) is 24.3 Å². The van der Waals surface area contributed by atoms with Crippen molar-refractivity contribution in [3.05, 3.63) is 35.4 Å². The number of nitrogens with one attached hydrogen (secondary N) is 1. The van der Waals surface area contributed by atoms with Crippen LogP contribution in [0.4, 0.5) is 13.2 Å². The number of amides is 1. The number of carbonyl (C=O) groups is 1. The number of benzene rings is 1. The SMILES string of the molecule is CC(C)c1ccc(CCCCSCC(=O)NS(=O)(=O)C(F)(F)F)cc1. The number of hydrogen-bond acceptors (Lipinski definition) is 4. The van der Waals surface area contributed by atoms with Crippen molar-refractivity contribution in [1.29, 1.82) is 0 Å². The molecule has 0 unspecified atom stereocenters. The minimum absolute atomic E-state index is 0.321. The van der Waals surface area contributed by atoms with Gasteiger partial charge in [0.25, 0.3) is 0 Å². The van der Waals surface area contributed by atoms with Gasteiger partial charge in [-0.1, -0.05) is 38.1 Å². The van der Waals surface area contributed by atoms with Crippen LogP contribution in [0.5, 0.6) is 0 Å². The molecular weight excluding hydrogens is 375 g/mol. The van der Waals surface area contributed by atoms with Crippen molar-refractivity contribution in [3.8, 4) is 0 Å². The Morgan fingerprint density at radius 3 is 2.28 bits per heavy atom. The lowest BCUT2D eigenvalue weighted by molar-refractivity contribution is -0.117. The molecule has 9 heteroatoms. The maximum Gasteiger partial charge on any atom is 0.516 e. The molecule has 4 nitrogen and oxygen atoms in total. The first kappa shape index (κ1) is 21.8. The van der Waals surface area contributed by atoms with Gasteiger partial charge in [-0.2, -0.15) is 33.4 Å². The molecule has 0 aromatic heterocycles. The molecule has 1 amide bonds. The maximum atomic E-state index is 12.1.